The maximum absolute atomic E-state index is 12.1. The van der Waals surface area contributed by atoms with Crippen LogP contribution in [0.15, 0.2) is 52.9 Å². The molecular weight excluding hydrogens is 330 g/mol. The number of carbonyl (C=O) groups is 1. The molecule has 0 unspecified atom stereocenters. The van der Waals surface area contributed by atoms with Gasteiger partial charge in [-0.25, -0.2) is 9.78 Å². The van der Waals surface area contributed by atoms with Crippen molar-refractivity contribution in [2.45, 2.75) is 20.4 Å². The molecule has 2 N–H and O–H groups in total. The molecule has 0 aliphatic rings. The number of hydrogen-bond donors (Lipinski definition) is 2. The number of anilines is 1. The van der Waals surface area contributed by atoms with Crippen molar-refractivity contribution in [3.05, 3.63) is 65.5 Å². The van der Waals surface area contributed by atoms with Gasteiger partial charge in [0.15, 0.2) is 0 Å². The average Bonchev–Trinajstić information content (AvgIpc) is 3.01. The predicted molar refractivity (Wildman–Crippen MR) is 100 cm³/mol. The van der Waals surface area contributed by atoms with E-state index in [0.717, 1.165) is 22.6 Å². The van der Waals surface area contributed by atoms with Gasteiger partial charge in [-0.2, -0.15) is 0 Å². The highest BCUT2D eigenvalue weighted by Gasteiger charge is 2.12. The van der Waals surface area contributed by atoms with Crippen LogP contribution in [-0.2, 0) is 6.54 Å². The number of oxazole rings is 1. The van der Waals surface area contributed by atoms with Gasteiger partial charge in [-0.15, -0.1) is 0 Å². The van der Waals surface area contributed by atoms with Gasteiger partial charge in [-0.05, 0) is 55.8 Å². The molecule has 0 aliphatic heterocycles. The summed E-state index contributed by atoms with van der Waals surface area (Å²) in [5, 5.41) is 5.60. The van der Waals surface area contributed by atoms with Crippen LogP contribution in [0.1, 0.15) is 17.0 Å². The summed E-state index contributed by atoms with van der Waals surface area (Å²) in [6, 6.07) is 14.8. The fourth-order valence-corrected chi connectivity index (χ4v) is 2.51. The lowest BCUT2D eigenvalue weighted by atomic mass is 10.2. The molecule has 0 atom stereocenters. The van der Waals surface area contributed by atoms with Gasteiger partial charge in [0.25, 0.3) is 0 Å². The van der Waals surface area contributed by atoms with E-state index >= 15 is 0 Å². The van der Waals surface area contributed by atoms with E-state index in [-0.39, 0.29) is 12.6 Å². The zero-order chi connectivity index (χ0) is 18.5. The summed E-state index contributed by atoms with van der Waals surface area (Å²) in [7, 11) is 1.62. The fourth-order valence-electron chi connectivity index (χ4n) is 2.51. The Morgan fingerprint density at radius 1 is 1.15 bits per heavy atom. The van der Waals surface area contributed by atoms with Crippen molar-refractivity contribution in [2.24, 2.45) is 0 Å². The van der Waals surface area contributed by atoms with Gasteiger partial charge in [0.2, 0.25) is 5.89 Å². The van der Waals surface area contributed by atoms with E-state index in [1.807, 2.05) is 62.4 Å². The van der Waals surface area contributed by atoms with Crippen molar-refractivity contribution in [3.8, 4) is 17.2 Å². The maximum Gasteiger partial charge on any atom is 0.319 e. The monoisotopic (exact) mass is 351 g/mol. The normalized spacial score (nSPS) is 10.4. The van der Waals surface area contributed by atoms with Gasteiger partial charge < -0.3 is 19.8 Å². The molecule has 0 spiro atoms. The van der Waals surface area contributed by atoms with Crippen molar-refractivity contribution in [1.82, 2.24) is 10.3 Å². The summed E-state index contributed by atoms with van der Waals surface area (Å²) in [4.78, 5) is 16.5. The van der Waals surface area contributed by atoms with Crippen LogP contribution in [0.5, 0.6) is 5.75 Å². The lowest BCUT2D eigenvalue weighted by Crippen LogP contribution is -2.28. The summed E-state index contributed by atoms with van der Waals surface area (Å²) >= 11 is 0. The van der Waals surface area contributed by atoms with Crippen molar-refractivity contribution >= 4 is 11.7 Å². The minimum atomic E-state index is -0.288. The van der Waals surface area contributed by atoms with Crippen molar-refractivity contribution in [1.29, 1.82) is 0 Å². The first-order valence-corrected chi connectivity index (χ1v) is 8.27. The quantitative estimate of drug-likeness (QED) is 0.719. The molecular formula is C20H21N3O3. The summed E-state index contributed by atoms with van der Waals surface area (Å²) in [6.45, 7) is 4.08. The lowest BCUT2D eigenvalue weighted by Gasteiger charge is -2.07. The molecule has 26 heavy (non-hydrogen) atoms. The largest absolute Gasteiger partial charge is 0.497 e. The third-order valence-corrected chi connectivity index (χ3v) is 3.92. The van der Waals surface area contributed by atoms with Crippen molar-refractivity contribution < 1.29 is 13.9 Å². The second-order valence-corrected chi connectivity index (χ2v) is 5.93. The summed E-state index contributed by atoms with van der Waals surface area (Å²) < 4.78 is 10.9. The van der Waals surface area contributed by atoms with Crippen LogP contribution < -0.4 is 15.4 Å². The van der Waals surface area contributed by atoms with Crippen LogP contribution in [0.3, 0.4) is 0 Å². The highest BCUT2D eigenvalue weighted by Crippen LogP contribution is 2.24. The standard InChI is InChI=1S/C20H21N3O3/c1-13-5-4-6-16(11-13)22-20(24)21-12-18-14(2)26-19(23-18)15-7-9-17(25-3)10-8-15/h4-11H,12H2,1-3H3,(H2,21,22,24). The summed E-state index contributed by atoms with van der Waals surface area (Å²) in [5.74, 6) is 1.96. The molecule has 3 aromatic rings. The van der Waals surface area contributed by atoms with Crippen LogP contribution in [0.4, 0.5) is 10.5 Å². The molecule has 0 bridgehead atoms. The zero-order valence-corrected chi connectivity index (χ0v) is 15.0. The molecule has 6 nitrogen and oxygen atoms in total. The minimum Gasteiger partial charge on any atom is -0.497 e. The maximum atomic E-state index is 12.1. The second kappa shape index (κ2) is 7.74. The van der Waals surface area contributed by atoms with E-state index < -0.39 is 0 Å². The third-order valence-electron chi connectivity index (χ3n) is 3.92. The number of urea groups is 1. The van der Waals surface area contributed by atoms with Crippen LogP contribution in [0.25, 0.3) is 11.5 Å². The number of methoxy groups -OCH3 is 1. The van der Waals surface area contributed by atoms with Gasteiger partial charge in [0, 0.05) is 11.3 Å². The number of carbonyl (C=O) groups excluding carboxylic acids is 1. The molecule has 134 valence electrons. The SMILES string of the molecule is COc1ccc(-c2nc(CNC(=O)Nc3cccc(C)c3)c(C)o2)cc1. The van der Waals surface area contributed by atoms with Crippen molar-refractivity contribution in [3.63, 3.8) is 0 Å². The average molecular weight is 351 g/mol. The number of rotatable bonds is 5. The Bertz CT molecular complexity index is 901. The molecule has 6 heteroatoms. The van der Waals surface area contributed by atoms with E-state index in [9.17, 15) is 4.79 Å². The molecule has 0 saturated carbocycles. The van der Waals surface area contributed by atoms with Gasteiger partial charge >= 0.3 is 6.03 Å². The Morgan fingerprint density at radius 3 is 2.62 bits per heavy atom. The number of amides is 2. The van der Waals surface area contributed by atoms with Crippen LogP contribution in [0.2, 0.25) is 0 Å². The predicted octanol–water partition coefficient (Wildman–Crippen LogP) is 4.29. The first kappa shape index (κ1) is 17.5. The number of nitrogens with one attached hydrogen (secondary N) is 2. The second-order valence-electron chi connectivity index (χ2n) is 5.93. The topological polar surface area (TPSA) is 76.4 Å². The number of benzene rings is 2. The molecule has 1 aromatic heterocycles. The molecule has 0 aliphatic carbocycles. The van der Waals surface area contributed by atoms with E-state index in [4.69, 9.17) is 9.15 Å². The van der Waals surface area contributed by atoms with Gasteiger partial charge in [-0.1, -0.05) is 12.1 Å². The molecule has 0 radical (unpaired) electrons. The van der Waals surface area contributed by atoms with E-state index in [1.165, 1.54) is 0 Å². The minimum absolute atomic E-state index is 0.281. The Balaban J connectivity index is 1.63. The first-order chi connectivity index (χ1) is 12.5. The highest BCUT2D eigenvalue weighted by molar-refractivity contribution is 5.89. The van der Waals surface area contributed by atoms with E-state index in [2.05, 4.69) is 15.6 Å². The number of hydrogen-bond acceptors (Lipinski definition) is 4. The Kier molecular flexibility index (Phi) is 5.22. The first-order valence-electron chi connectivity index (χ1n) is 8.27. The highest BCUT2D eigenvalue weighted by atomic mass is 16.5. The van der Waals surface area contributed by atoms with E-state index in [0.29, 0.717) is 17.3 Å². The van der Waals surface area contributed by atoms with Crippen LogP contribution >= 0.6 is 0 Å². The molecule has 0 fully saturated rings. The number of aromatic nitrogens is 1. The van der Waals surface area contributed by atoms with E-state index in [1.54, 1.807) is 7.11 Å². The Morgan fingerprint density at radius 2 is 1.92 bits per heavy atom. The smallest absolute Gasteiger partial charge is 0.319 e. The summed E-state index contributed by atoms with van der Waals surface area (Å²) in [5.41, 5.74) is 3.37. The Hall–Kier alpha value is -3.28. The molecule has 0 saturated heterocycles. The number of nitrogens with zero attached hydrogens (tertiary/aromatic N) is 1. The van der Waals surface area contributed by atoms with Crippen LogP contribution in [-0.4, -0.2) is 18.1 Å². The van der Waals surface area contributed by atoms with Crippen LogP contribution in [0, 0.1) is 13.8 Å². The zero-order valence-electron chi connectivity index (χ0n) is 15.0. The molecule has 1 heterocycles. The third kappa shape index (κ3) is 4.22. The van der Waals surface area contributed by atoms with Gasteiger partial charge in [-0.3, -0.25) is 0 Å². The molecule has 2 aromatic carbocycles. The van der Waals surface area contributed by atoms with Gasteiger partial charge in [0.1, 0.15) is 17.2 Å². The lowest BCUT2D eigenvalue weighted by molar-refractivity contribution is 0.251. The fraction of sp³-hybridized carbons (Fsp3) is 0.200. The number of ether oxygens (including phenoxy) is 1. The Labute approximate surface area is 152 Å². The molecule has 2 amide bonds. The summed E-state index contributed by atoms with van der Waals surface area (Å²) in [6.07, 6.45) is 0. The number of aryl methyl sites for hydroxylation is 2. The van der Waals surface area contributed by atoms with Gasteiger partial charge in [0.05, 0.1) is 13.7 Å². The van der Waals surface area contributed by atoms with Crippen molar-refractivity contribution in [2.75, 3.05) is 12.4 Å². The molecule has 3 rings (SSSR count).